The van der Waals surface area contributed by atoms with E-state index in [0.717, 1.165) is 23.8 Å². The summed E-state index contributed by atoms with van der Waals surface area (Å²) in [6, 6.07) is 10.2. The zero-order chi connectivity index (χ0) is 17.4. The first-order valence-corrected chi connectivity index (χ1v) is 8.08. The van der Waals surface area contributed by atoms with Crippen LogP contribution in [0.1, 0.15) is 18.4 Å². The Hall–Kier alpha value is -3.15. The van der Waals surface area contributed by atoms with Gasteiger partial charge in [0.25, 0.3) is 0 Å². The van der Waals surface area contributed by atoms with E-state index in [1.54, 1.807) is 30.5 Å². The topological polar surface area (TPSA) is 81.4 Å². The molecular formula is C19H16N2O4. The first-order chi connectivity index (χ1) is 12.1. The number of ether oxygens (including phenoxy) is 1. The number of carbonyl (C=O) groups excluding carboxylic acids is 1. The van der Waals surface area contributed by atoms with Crippen molar-refractivity contribution < 1.29 is 13.9 Å². The van der Waals surface area contributed by atoms with Gasteiger partial charge in [0.15, 0.2) is 0 Å². The molecule has 25 heavy (non-hydrogen) atoms. The molecular weight excluding hydrogens is 320 g/mol. The molecule has 2 heterocycles. The maximum atomic E-state index is 11.7. The summed E-state index contributed by atoms with van der Waals surface area (Å²) in [7, 11) is 0. The van der Waals surface area contributed by atoms with Crippen LogP contribution in [0.2, 0.25) is 0 Å². The molecule has 0 unspecified atom stereocenters. The molecule has 1 amide bonds. The van der Waals surface area contributed by atoms with Crippen LogP contribution in [0.4, 0.5) is 5.69 Å². The molecule has 6 heteroatoms. The zero-order valence-corrected chi connectivity index (χ0v) is 13.6. The molecule has 0 aliphatic heterocycles. The number of nitrogens with zero attached hydrogens (tertiary/aromatic N) is 1. The fourth-order valence-electron chi connectivity index (χ4n) is 2.59. The molecule has 2 aromatic heterocycles. The van der Waals surface area contributed by atoms with Crippen molar-refractivity contribution in [2.75, 3.05) is 5.32 Å². The second kappa shape index (κ2) is 6.05. The molecule has 0 radical (unpaired) electrons. The van der Waals surface area contributed by atoms with Crippen molar-refractivity contribution >= 4 is 22.6 Å². The second-order valence-corrected chi connectivity index (χ2v) is 6.16. The molecule has 1 aromatic carbocycles. The average Bonchev–Trinajstić information content (AvgIpc) is 3.41. The summed E-state index contributed by atoms with van der Waals surface area (Å²) in [4.78, 5) is 27.4. The highest BCUT2D eigenvalue weighted by molar-refractivity contribution is 5.93. The summed E-state index contributed by atoms with van der Waals surface area (Å²) in [6.07, 6.45) is 3.47. The number of amides is 1. The molecule has 1 aliphatic rings. The van der Waals surface area contributed by atoms with E-state index >= 15 is 0 Å². The number of benzene rings is 1. The Morgan fingerprint density at radius 1 is 1.24 bits per heavy atom. The minimum absolute atomic E-state index is 0.0374. The highest BCUT2D eigenvalue weighted by Gasteiger charge is 2.29. The van der Waals surface area contributed by atoms with Crippen LogP contribution in [-0.4, -0.2) is 10.9 Å². The van der Waals surface area contributed by atoms with Crippen molar-refractivity contribution in [1.82, 2.24) is 4.98 Å². The average molecular weight is 336 g/mol. The van der Waals surface area contributed by atoms with Crippen molar-refractivity contribution in [2.45, 2.75) is 19.8 Å². The number of pyridine rings is 1. The van der Waals surface area contributed by atoms with Crippen molar-refractivity contribution in [3.05, 3.63) is 58.6 Å². The van der Waals surface area contributed by atoms with Gasteiger partial charge in [0.05, 0.1) is 11.9 Å². The molecule has 1 N–H and O–H groups in total. The molecule has 1 fully saturated rings. The number of nitrogens with one attached hydrogen (secondary N) is 1. The van der Waals surface area contributed by atoms with Crippen LogP contribution in [0, 0.1) is 12.8 Å². The van der Waals surface area contributed by atoms with E-state index in [0.29, 0.717) is 22.9 Å². The Kier molecular flexibility index (Phi) is 3.72. The summed E-state index contributed by atoms with van der Waals surface area (Å²) in [6.45, 7) is 1.86. The van der Waals surface area contributed by atoms with Crippen LogP contribution >= 0.6 is 0 Å². The minimum Gasteiger partial charge on any atom is -0.439 e. The third-order valence-corrected chi connectivity index (χ3v) is 4.10. The van der Waals surface area contributed by atoms with Crippen LogP contribution < -0.4 is 15.7 Å². The van der Waals surface area contributed by atoms with E-state index in [1.165, 1.54) is 6.07 Å². The largest absolute Gasteiger partial charge is 0.439 e. The number of rotatable bonds is 4. The molecule has 6 nitrogen and oxygen atoms in total. The molecule has 0 bridgehead atoms. The van der Waals surface area contributed by atoms with Gasteiger partial charge in [-0.25, -0.2) is 9.78 Å². The van der Waals surface area contributed by atoms with Gasteiger partial charge < -0.3 is 14.5 Å². The standard InChI is InChI=1S/C19H16N2O4/c1-11-8-18(22)25-16-9-14(5-6-15(11)16)24-17-7-4-13(10-20-17)21-19(23)12-2-3-12/h4-10,12H,2-3H2,1H3,(H,21,23). The Morgan fingerprint density at radius 2 is 2.08 bits per heavy atom. The van der Waals surface area contributed by atoms with Gasteiger partial charge in [-0.3, -0.25) is 4.79 Å². The summed E-state index contributed by atoms with van der Waals surface area (Å²) < 4.78 is 10.9. The van der Waals surface area contributed by atoms with Crippen LogP contribution in [0.5, 0.6) is 11.6 Å². The van der Waals surface area contributed by atoms with Gasteiger partial charge in [0, 0.05) is 29.5 Å². The third-order valence-electron chi connectivity index (χ3n) is 4.10. The Labute approximate surface area is 143 Å². The smallest absolute Gasteiger partial charge is 0.336 e. The van der Waals surface area contributed by atoms with Gasteiger partial charge in [-0.15, -0.1) is 0 Å². The van der Waals surface area contributed by atoms with Crippen LogP contribution in [-0.2, 0) is 4.79 Å². The molecule has 1 aliphatic carbocycles. The van der Waals surface area contributed by atoms with Crippen molar-refractivity contribution in [1.29, 1.82) is 0 Å². The normalized spacial score (nSPS) is 13.6. The molecule has 1 saturated carbocycles. The maximum absolute atomic E-state index is 11.7. The van der Waals surface area contributed by atoms with E-state index in [-0.39, 0.29) is 11.8 Å². The fraction of sp³-hybridized carbons (Fsp3) is 0.211. The quantitative estimate of drug-likeness (QED) is 0.736. The number of anilines is 1. The van der Waals surface area contributed by atoms with Gasteiger partial charge >= 0.3 is 5.63 Å². The predicted molar refractivity (Wildman–Crippen MR) is 92.9 cm³/mol. The zero-order valence-electron chi connectivity index (χ0n) is 13.6. The number of fused-ring (bicyclic) bond motifs is 1. The van der Waals surface area contributed by atoms with E-state index < -0.39 is 5.63 Å². The van der Waals surface area contributed by atoms with E-state index in [2.05, 4.69) is 10.3 Å². The van der Waals surface area contributed by atoms with Crippen LogP contribution in [0.3, 0.4) is 0 Å². The monoisotopic (exact) mass is 336 g/mol. The van der Waals surface area contributed by atoms with Gasteiger partial charge in [0.2, 0.25) is 11.8 Å². The summed E-state index contributed by atoms with van der Waals surface area (Å²) >= 11 is 0. The second-order valence-electron chi connectivity index (χ2n) is 6.16. The summed E-state index contributed by atoms with van der Waals surface area (Å²) in [5, 5.41) is 3.68. The number of aryl methyl sites for hydroxylation is 1. The van der Waals surface area contributed by atoms with E-state index in [1.807, 2.05) is 13.0 Å². The van der Waals surface area contributed by atoms with Crippen LogP contribution in [0.25, 0.3) is 11.0 Å². The van der Waals surface area contributed by atoms with E-state index in [9.17, 15) is 9.59 Å². The van der Waals surface area contributed by atoms with Crippen molar-refractivity contribution in [3.8, 4) is 11.6 Å². The lowest BCUT2D eigenvalue weighted by molar-refractivity contribution is -0.117. The lowest BCUT2D eigenvalue weighted by Gasteiger charge is -2.08. The number of carbonyl (C=O) groups is 1. The van der Waals surface area contributed by atoms with E-state index in [4.69, 9.17) is 9.15 Å². The minimum atomic E-state index is -0.393. The molecule has 4 rings (SSSR count). The molecule has 0 atom stereocenters. The predicted octanol–water partition coefficient (Wildman–Crippen LogP) is 3.64. The number of hydrogen-bond donors (Lipinski definition) is 1. The SMILES string of the molecule is Cc1cc(=O)oc2cc(Oc3ccc(NC(=O)C4CC4)cn3)ccc12. The Balaban J connectivity index is 1.52. The fourth-order valence-corrected chi connectivity index (χ4v) is 2.59. The lowest BCUT2D eigenvalue weighted by atomic mass is 10.1. The van der Waals surface area contributed by atoms with Gasteiger partial charge in [-0.05, 0) is 43.5 Å². The molecule has 3 aromatic rings. The van der Waals surface area contributed by atoms with Crippen LogP contribution in [0.15, 0.2) is 51.8 Å². The molecule has 126 valence electrons. The first-order valence-electron chi connectivity index (χ1n) is 8.08. The summed E-state index contributed by atoms with van der Waals surface area (Å²) in [5.41, 5.74) is 1.57. The maximum Gasteiger partial charge on any atom is 0.336 e. The highest BCUT2D eigenvalue weighted by Crippen LogP contribution is 2.30. The Morgan fingerprint density at radius 3 is 2.80 bits per heavy atom. The Bertz CT molecular complexity index is 1000. The van der Waals surface area contributed by atoms with Gasteiger partial charge in [-0.2, -0.15) is 0 Å². The lowest BCUT2D eigenvalue weighted by Crippen LogP contribution is -2.13. The van der Waals surface area contributed by atoms with Gasteiger partial charge in [-0.1, -0.05) is 0 Å². The highest BCUT2D eigenvalue weighted by atomic mass is 16.5. The number of hydrogen-bond acceptors (Lipinski definition) is 5. The number of aromatic nitrogens is 1. The third kappa shape index (κ3) is 3.38. The molecule has 0 saturated heterocycles. The van der Waals surface area contributed by atoms with Crippen molar-refractivity contribution in [3.63, 3.8) is 0 Å². The van der Waals surface area contributed by atoms with Crippen molar-refractivity contribution in [2.24, 2.45) is 5.92 Å². The first kappa shape index (κ1) is 15.4. The summed E-state index contributed by atoms with van der Waals surface area (Å²) in [5.74, 6) is 1.09. The molecule has 0 spiro atoms. The van der Waals surface area contributed by atoms with Gasteiger partial charge in [0.1, 0.15) is 11.3 Å².